The predicted octanol–water partition coefficient (Wildman–Crippen LogP) is 5.02. The van der Waals surface area contributed by atoms with Crippen molar-refractivity contribution in [2.75, 3.05) is 27.0 Å². The second-order valence-electron chi connectivity index (χ2n) is 14.1. The lowest BCUT2D eigenvalue weighted by Crippen LogP contribution is -2.52. The standard InChI is InChI=1S/C34H47NO8S/c1-31(2,3)44-27(36)20-34(39,15-8-12-32(4,5)38)30(37)43-29-24(40-6)10-7-13-33-14-9-16-35(33)17-11-22-18-25-26(42-21-41-25)19-23(22)28(29)33/h7,10,13,18-19,28-29,38-39H,8-9,11-12,14-17,20-21H2,1-6H3/t28?,29?,33?,34-/m0/s1. The molecule has 1 aromatic carbocycles. The van der Waals surface area contributed by atoms with Crippen molar-refractivity contribution in [2.24, 2.45) is 0 Å². The van der Waals surface area contributed by atoms with Gasteiger partial charge in [0.25, 0.3) is 0 Å². The number of ether oxygens (including phenoxy) is 4. The van der Waals surface area contributed by atoms with E-state index in [9.17, 15) is 19.8 Å². The molecule has 242 valence electrons. The second kappa shape index (κ2) is 12.3. The number of thioether (sulfide) groups is 1. The lowest BCUT2D eigenvalue weighted by atomic mass is 9.73. The van der Waals surface area contributed by atoms with Crippen LogP contribution in [0, 0.1) is 0 Å². The van der Waals surface area contributed by atoms with E-state index in [1.807, 2.05) is 45.1 Å². The Bertz CT molecular complexity index is 1330. The molecule has 1 spiro atoms. The molecule has 3 heterocycles. The smallest absolute Gasteiger partial charge is 0.339 e. The van der Waals surface area contributed by atoms with Crippen molar-refractivity contribution in [1.82, 2.24) is 4.90 Å². The maximum atomic E-state index is 14.3. The van der Waals surface area contributed by atoms with Crippen LogP contribution in [-0.4, -0.2) is 80.8 Å². The third-order valence-corrected chi connectivity index (χ3v) is 10.1. The number of carbonyl (C=O) groups excluding carboxylic acids is 2. The van der Waals surface area contributed by atoms with Gasteiger partial charge in [0.1, 0.15) is 5.76 Å². The number of esters is 1. The molecular formula is C34H47NO8S. The summed E-state index contributed by atoms with van der Waals surface area (Å²) in [5, 5.41) is 22.0. The van der Waals surface area contributed by atoms with Crippen molar-refractivity contribution >= 4 is 22.8 Å². The highest BCUT2D eigenvalue weighted by Crippen LogP contribution is 2.53. The molecule has 4 aliphatic rings. The monoisotopic (exact) mass is 629 g/mol. The molecule has 3 aliphatic heterocycles. The number of rotatable bonds is 9. The largest absolute Gasteiger partial charge is 0.497 e. The molecule has 9 nitrogen and oxygen atoms in total. The number of hydrogen-bond donors (Lipinski definition) is 2. The third kappa shape index (κ3) is 6.83. The first-order chi connectivity index (χ1) is 20.6. The molecule has 44 heavy (non-hydrogen) atoms. The lowest BCUT2D eigenvalue weighted by Gasteiger charge is -2.44. The van der Waals surface area contributed by atoms with Crippen LogP contribution in [0.3, 0.4) is 0 Å². The summed E-state index contributed by atoms with van der Waals surface area (Å²) in [6.07, 6.45) is 8.03. The number of fused-ring (bicyclic) bond motifs is 3. The van der Waals surface area contributed by atoms with E-state index in [4.69, 9.17) is 18.9 Å². The van der Waals surface area contributed by atoms with Crippen LogP contribution in [-0.2, 0) is 25.5 Å². The molecular weight excluding hydrogens is 582 g/mol. The Morgan fingerprint density at radius 2 is 1.82 bits per heavy atom. The SMILES string of the molecule is COC1=CC=CC23CCCN2CCc2cc4c(cc2C3C1OC(=O)[C@](O)(CCCC(C)(C)O)CC(=O)SC(C)(C)C)OCO4. The molecule has 10 heteroatoms. The molecule has 1 saturated heterocycles. The maximum absolute atomic E-state index is 14.3. The van der Waals surface area contributed by atoms with Crippen molar-refractivity contribution in [3.63, 3.8) is 0 Å². The van der Waals surface area contributed by atoms with E-state index < -0.39 is 35.2 Å². The minimum atomic E-state index is -2.08. The van der Waals surface area contributed by atoms with Crippen LogP contribution >= 0.6 is 11.8 Å². The van der Waals surface area contributed by atoms with Crippen LogP contribution in [0.1, 0.15) is 90.2 Å². The number of hydrogen-bond acceptors (Lipinski definition) is 10. The Kier molecular flexibility index (Phi) is 9.22. The van der Waals surface area contributed by atoms with Gasteiger partial charge in [-0.1, -0.05) is 44.7 Å². The first kappa shape index (κ1) is 32.9. The summed E-state index contributed by atoms with van der Waals surface area (Å²) in [5.41, 5.74) is -1.43. The Morgan fingerprint density at radius 1 is 1.09 bits per heavy atom. The summed E-state index contributed by atoms with van der Waals surface area (Å²) in [4.78, 5) is 29.9. The van der Waals surface area contributed by atoms with Gasteiger partial charge in [0.15, 0.2) is 28.3 Å². The summed E-state index contributed by atoms with van der Waals surface area (Å²) in [6.45, 7) is 11.0. The Hall–Kier alpha value is -2.53. The highest BCUT2D eigenvalue weighted by atomic mass is 32.2. The number of nitrogens with zero attached hydrogens (tertiary/aromatic N) is 1. The van der Waals surface area contributed by atoms with Gasteiger partial charge in [-0.05, 0) is 88.3 Å². The Morgan fingerprint density at radius 3 is 2.50 bits per heavy atom. The quantitative estimate of drug-likeness (QED) is 0.361. The highest BCUT2D eigenvalue weighted by molar-refractivity contribution is 8.14. The van der Waals surface area contributed by atoms with Gasteiger partial charge in [-0.2, -0.15) is 0 Å². The molecule has 2 N–H and O–H groups in total. The summed E-state index contributed by atoms with van der Waals surface area (Å²) in [6, 6.07) is 4.05. The van der Waals surface area contributed by atoms with Gasteiger partial charge in [-0.3, -0.25) is 9.69 Å². The van der Waals surface area contributed by atoms with Crippen LogP contribution in [0.2, 0.25) is 0 Å². The summed E-state index contributed by atoms with van der Waals surface area (Å²) < 4.78 is 23.4. The van der Waals surface area contributed by atoms with Crippen LogP contribution in [0.25, 0.3) is 0 Å². The van der Waals surface area contributed by atoms with E-state index in [1.54, 1.807) is 21.0 Å². The second-order valence-corrected chi connectivity index (χ2v) is 16.0. The van der Waals surface area contributed by atoms with Gasteiger partial charge in [-0.15, -0.1) is 0 Å². The molecule has 4 atom stereocenters. The maximum Gasteiger partial charge on any atom is 0.339 e. The zero-order valence-electron chi connectivity index (χ0n) is 26.8. The summed E-state index contributed by atoms with van der Waals surface area (Å²) in [7, 11) is 1.56. The molecule has 1 aromatic rings. The molecule has 0 radical (unpaired) electrons. The third-order valence-electron chi connectivity index (χ3n) is 9.07. The number of carbonyl (C=O) groups is 2. The van der Waals surface area contributed by atoms with Crippen LogP contribution in [0.4, 0.5) is 0 Å². The molecule has 0 saturated carbocycles. The summed E-state index contributed by atoms with van der Waals surface area (Å²) in [5.74, 6) is 0.585. The van der Waals surface area contributed by atoms with Gasteiger partial charge in [0, 0.05) is 11.3 Å². The van der Waals surface area contributed by atoms with Gasteiger partial charge < -0.3 is 29.2 Å². The average Bonchev–Trinajstić information content (AvgIpc) is 3.47. The van der Waals surface area contributed by atoms with E-state index in [2.05, 4.69) is 11.0 Å². The zero-order chi connectivity index (χ0) is 31.9. The average molecular weight is 630 g/mol. The lowest BCUT2D eigenvalue weighted by molar-refractivity contribution is -0.176. The summed E-state index contributed by atoms with van der Waals surface area (Å²) >= 11 is 1.09. The van der Waals surface area contributed by atoms with Crippen molar-refractivity contribution < 1.29 is 38.7 Å². The molecule has 1 fully saturated rings. The van der Waals surface area contributed by atoms with Crippen molar-refractivity contribution in [1.29, 1.82) is 0 Å². The van der Waals surface area contributed by atoms with E-state index in [-0.39, 0.29) is 29.0 Å². The van der Waals surface area contributed by atoms with Gasteiger partial charge >= 0.3 is 5.97 Å². The number of methoxy groups -OCH3 is 1. The van der Waals surface area contributed by atoms with Crippen molar-refractivity contribution in [2.45, 2.75) is 113 Å². The van der Waals surface area contributed by atoms with E-state index >= 15 is 0 Å². The van der Waals surface area contributed by atoms with Gasteiger partial charge in [-0.25, -0.2) is 4.79 Å². The first-order valence-electron chi connectivity index (χ1n) is 15.6. The van der Waals surface area contributed by atoms with E-state index in [0.29, 0.717) is 30.1 Å². The molecule has 0 amide bonds. The van der Waals surface area contributed by atoms with Crippen LogP contribution in [0.5, 0.6) is 11.5 Å². The first-order valence-corrected chi connectivity index (χ1v) is 16.4. The predicted molar refractivity (Wildman–Crippen MR) is 169 cm³/mol. The topological polar surface area (TPSA) is 115 Å². The number of aliphatic hydroxyl groups is 2. The van der Waals surface area contributed by atoms with Crippen molar-refractivity contribution in [3.05, 3.63) is 47.2 Å². The fourth-order valence-electron chi connectivity index (χ4n) is 7.14. The molecule has 5 rings (SSSR count). The van der Waals surface area contributed by atoms with E-state index in [0.717, 1.165) is 55.2 Å². The number of allylic oxidation sites excluding steroid dienone is 2. The van der Waals surface area contributed by atoms with Crippen molar-refractivity contribution in [3.8, 4) is 11.5 Å². The zero-order valence-corrected chi connectivity index (χ0v) is 27.6. The fraction of sp³-hybridized carbons (Fsp3) is 0.647. The Balaban J connectivity index is 1.55. The van der Waals surface area contributed by atoms with Crippen LogP contribution < -0.4 is 9.47 Å². The normalized spacial score (nSPS) is 26.0. The fourth-order valence-corrected chi connectivity index (χ4v) is 8.13. The van der Waals surface area contributed by atoms with E-state index in [1.165, 1.54) is 0 Å². The molecule has 0 aromatic heterocycles. The van der Waals surface area contributed by atoms with Crippen LogP contribution in [0.15, 0.2) is 36.1 Å². The molecule has 3 unspecified atom stereocenters. The highest BCUT2D eigenvalue weighted by Gasteiger charge is 2.55. The minimum absolute atomic E-state index is 0.0273. The van der Waals surface area contributed by atoms with Gasteiger partial charge in [0.2, 0.25) is 6.79 Å². The molecule has 1 aliphatic carbocycles. The molecule has 0 bridgehead atoms. The van der Waals surface area contributed by atoms with Gasteiger partial charge in [0.05, 0.1) is 30.6 Å². The minimum Gasteiger partial charge on any atom is -0.497 e. The Labute approximate surface area is 264 Å². The number of benzene rings is 1.